The molecule has 0 rings (SSSR count). The molecule has 0 aromatic heterocycles. The molecule has 0 bridgehead atoms. The van der Waals surface area contributed by atoms with Crippen molar-refractivity contribution in [2.75, 3.05) is 17.2 Å². The summed E-state index contributed by atoms with van der Waals surface area (Å²) in [5.41, 5.74) is 0. The molecule has 0 saturated carbocycles. The first-order valence-corrected chi connectivity index (χ1v) is 8.15. The minimum Gasteiger partial charge on any atom is -0.228 e. The van der Waals surface area contributed by atoms with E-state index in [0.29, 0.717) is 12.3 Å². The number of rotatable bonds is 6. The summed E-state index contributed by atoms with van der Waals surface area (Å²) >= 11 is 5.41. The molecule has 0 aliphatic rings. The highest BCUT2D eigenvalue weighted by molar-refractivity contribution is 8.06. The molecule has 0 fully saturated rings. The number of hydrogen-bond donors (Lipinski definition) is 1. The molecule has 8 heteroatoms. The van der Waals surface area contributed by atoms with E-state index in [4.69, 9.17) is 11.6 Å². The van der Waals surface area contributed by atoms with Crippen molar-refractivity contribution in [2.24, 2.45) is 0 Å². The van der Waals surface area contributed by atoms with Gasteiger partial charge in [-0.3, -0.25) is 0 Å². The van der Waals surface area contributed by atoms with Gasteiger partial charge in [0.25, 0.3) is 0 Å². The number of nitrogens with one attached hydrogen (secondary N) is 1. The Bertz CT molecular complexity index is 361. The monoisotopic (exact) mass is 263 g/mol. The largest absolute Gasteiger partial charge is 0.228 e. The van der Waals surface area contributed by atoms with E-state index in [9.17, 15) is 16.8 Å². The molecule has 1 unspecified atom stereocenters. The van der Waals surface area contributed by atoms with Gasteiger partial charge in [-0.05, 0) is 13.3 Å². The average molecular weight is 264 g/mol. The quantitative estimate of drug-likeness (QED) is 0.680. The van der Waals surface area contributed by atoms with E-state index in [1.165, 1.54) is 0 Å². The van der Waals surface area contributed by atoms with Crippen molar-refractivity contribution in [3.05, 3.63) is 0 Å². The van der Waals surface area contributed by atoms with Gasteiger partial charge in [0.15, 0.2) is 14.9 Å². The molecule has 0 aromatic rings. The third-order valence-corrected chi connectivity index (χ3v) is 5.23. The summed E-state index contributed by atoms with van der Waals surface area (Å²) in [6.45, 7) is 1.63. The predicted octanol–water partition coefficient (Wildman–Crippen LogP) is -0.0747. The van der Waals surface area contributed by atoms with Crippen LogP contribution in [0.5, 0.6) is 0 Å². The fourth-order valence-electron chi connectivity index (χ4n) is 0.845. The molecule has 0 heterocycles. The second-order valence-corrected chi connectivity index (χ2v) is 7.79. The number of sulfone groups is 1. The number of sulfonamides is 1. The Labute approximate surface area is 89.8 Å². The Hall–Kier alpha value is 0.150. The molecule has 0 aromatic carbocycles. The van der Waals surface area contributed by atoms with Crippen molar-refractivity contribution in [1.29, 1.82) is 0 Å². The molecule has 0 aliphatic carbocycles. The van der Waals surface area contributed by atoms with Crippen molar-refractivity contribution in [2.45, 2.75) is 19.4 Å². The average Bonchev–Trinajstić information content (AvgIpc) is 1.78. The zero-order chi connectivity index (χ0) is 11.4. The van der Waals surface area contributed by atoms with Crippen LogP contribution in [-0.4, -0.2) is 40.1 Å². The van der Waals surface area contributed by atoms with Gasteiger partial charge in [-0.1, -0.05) is 0 Å². The minimum absolute atomic E-state index is 0.322. The molecule has 1 N–H and O–H groups in total. The zero-order valence-electron chi connectivity index (χ0n) is 8.03. The number of hydrogen-bond acceptors (Lipinski definition) is 4. The third kappa shape index (κ3) is 7.54. The van der Waals surface area contributed by atoms with Crippen molar-refractivity contribution in [1.82, 2.24) is 4.72 Å². The summed E-state index contributed by atoms with van der Waals surface area (Å²) in [7, 11) is -7.28. The topological polar surface area (TPSA) is 80.3 Å². The second kappa shape index (κ2) is 5.29. The number of alkyl halides is 1. The van der Waals surface area contributed by atoms with E-state index in [-0.39, 0.29) is 6.04 Å². The molecule has 0 saturated heterocycles. The van der Waals surface area contributed by atoms with Crippen LogP contribution in [0.3, 0.4) is 0 Å². The lowest BCUT2D eigenvalue weighted by atomic mass is 10.3. The van der Waals surface area contributed by atoms with Crippen molar-refractivity contribution >= 4 is 31.5 Å². The van der Waals surface area contributed by atoms with Crippen LogP contribution >= 0.6 is 11.6 Å². The van der Waals surface area contributed by atoms with Gasteiger partial charge >= 0.3 is 0 Å². The van der Waals surface area contributed by atoms with E-state index >= 15 is 0 Å². The molecule has 0 radical (unpaired) electrons. The Morgan fingerprint density at radius 1 is 1.29 bits per heavy atom. The van der Waals surface area contributed by atoms with Gasteiger partial charge in [0.2, 0.25) is 10.0 Å². The Balaban J connectivity index is 4.37. The van der Waals surface area contributed by atoms with E-state index in [1.54, 1.807) is 6.92 Å². The number of halogens is 1. The summed E-state index contributed by atoms with van der Waals surface area (Å²) in [5, 5.41) is -0.882. The fraction of sp³-hybridized carbons (Fsp3) is 1.00. The van der Waals surface area contributed by atoms with Crippen molar-refractivity contribution < 1.29 is 16.8 Å². The third-order valence-electron chi connectivity index (χ3n) is 1.29. The van der Waals surface area contributed by atoms with Crippen LogP contribution in [0.15, 0.2) is 0 Å². The standard InChI is InChI=1S/C6H14ClNO4S2/c1-6(3-4-7)8-14(11,12)5-13(2,9)10/h6,8H,3-5H2,1-2H3. The van der Waals surface area contributed by atoms with Gasteiger partial charge in [-0.15, -0.1) is 11.6 Å². The second-order valence-electron chi connectivity index (χ2n) is 3.15. The van der Waals surface area contributed by atoms with E-state index in [2.05, 4.69) is 4.72 Å². The molecule has 0 aliphatic heterocycles. The molecular formula is C6H14ClNO4S2. The summed E-state index contributed by atoms with van der Waals surface area (Å²) in [6, 6.07) is -0.348. The van der Waals surface area contributed by atoms with Crippen LogP contribution in [0.2, 0.25) is 0 Å². The van der Waals surface area contributed by atoms with Gasteiger partial charge in [-0.2, -0.15) is 0 Å². The molecule has 14 heavy (non-hydrogen) atoms. The lowest BCUT2D eigenvalue weighted by molar-refractivity contribution is 0.558. The van der Waals surface area contributed by atoms with Crippen LogP contribution in [0, 0.1) is 0 Å². The summed E-state index contributed by atoms with van der Waals surface area (Å²) < 4.78 is 46.1. The normalized spacial score (nSPS) is 15.4. The minimum atomic E-state index is -3.76. The van der Waals surface area contributed by atoms with Gasteiger partial charge in [0.05, 0.1) is 0 Å². The summed E-state index contributed by atoms with van der Waals surface area (Å²) in [4.78, 5) is 0. The highest BCUT2D eigenvalue weighted by Gasteiger charge is 2.19. The Morgan fingerprint density at radius 3 is 2.14 bits per heavy atom. The highest BCUT2D eigenvalue weighted by Crippen LogP contribution is 1.98. The summed E-state index contributed by atoms with van der Waals surface area (Å²) in [6.07, 6.45) is 1.34. The van der Waals surface area contributed by atoms with Crippen LogP contribution in [0.1, 0.15) is 13.3 Å². The van der Waals surface area contributed by atoms with E-state index in [1.807, 2.05) is 0 Å². The van der Waals surface area contributed by atoms with E-state index in [0.717, 1.165) is 6.26 Å². The van der Waals surface area contributed by atoms with Crippen LogP contribution in [-0.2, 0) is 19.9 Å². The smallest absolute Gasteiger partial charge is 0.226 e. The zero-order valence-corrected chi connectivity index (χ0v) is 10.4. The van der Waals surface area contributed by atoms with Crippen molar-refractivity contribution in [3.8, 4) is 0 Å². The van der Waals surface area contributed by atoms with E-state index < -0.39 is 24.9 Å². The van der Waals surface area contributed by atoms with Gasteiger partial charge < -0.3 is 0 Å². The molecule has 86 valence electrons. The molecule has 0 amide bonds. The maximum atomic E-state index is 11.2. The maximum absolute atomic E-state index is 11.2. The van der Waals surface area contributed by atoms with Crippen LogP contribution in [0.25, 0.3) is 0 Å². The van der Waals surface area contributed by atoms with Gasteiger partial charge in [0, 0.05) is 18.2 Å². The predicted molar refractivity (Wildman–Crippen MR) is 56.6 cm³/mol. The lowest BCUT2D eigenvalue weighted by Crippen LogP contribution is -2.36. The SMILES string of the molecule is CC(CCCl)NS(=O)(=O)CS(C)(=O)=O. The Kier molecular flexibility index (Phi) is 5.35. The lowest BCUT2D eigenvalue weighted by Gasteiger charge is -2.11. The van der Waals surface area contributed by atoms with Gasteiger partial charge in [-0.25, -0.2) is 21.6 Å². The van der Waals surface area contributed by atoms with Crippen LogP contribution in [0.4, 0.5) is 0 Å². The van der Waals surface area contributed by atoms with Gasteiger partial charge in [0.1, 0.15) is 0 Å². The summed E-state index contributed by atoms with van der Waals surface area (Å²) in [5.74, 6) is 0.322. The molecule has 0 spiro atoms. The first kappa shape index (κ1) is 14.2. The highest BCUT2D eigenvalue weighted by atomic mass is 35.5. The van der Waals surface area contributed by atoms with Crippen LogP contribution < -0.4 is 4.72 Å². The fourth-order valence-corrected chi connectivity index (χ4v) is 4.43. The van der Waals surface area contributed by atoms with Crippen molar-refractivity contribution in [3.63, 3.8) is 0 Å². The first-order chi connectivity index (χ1) is 6.16. The maximum Gasteiger partial charge on any atom is 0.226 e. The Morgan fingerprint density at radius 2 is 1.79 bits per heavy atom. The first-order valence-electron chi connectivity index (χ1n) is 3.90. The molecule has 1 atom stereocenters. The molecule has 5 nitrogen and oxygen atoms in total. The molecular weight excluding hydrogens is 250 g/mol.